The largest absolute Gasteiger partial charge is 0.481 e. The molecule has 0 saturated heterocycles. The van der Waals surface area contributed by atoms with Crippen LogP contribution in [0.1, 0.15) is 52.1 Å². The minimum Gasteiger partial charge on any atom is -0.481 e. The molecule has 1 aromatic heterocycles. The van der Waals surface area contributed by atoms with E-state index < -0.39 is 5.97 Å². The number of hydrogen-bond acceptors (Lipinski definition) is 3. The van der Waals surface area contributed by atoms with Crippen molar-refractivity contribution in [1.29, 1.82) is 0 Å². The van der Waals surface area contributed by atoms with Crippen LogP contribution in [-0.4, -0.2) is 27.8 Å². The molecular formula is C20H17BrN2O4. The highest BCUT2D eigenvalue weighted by molar-refractivity contribution is 9.10. The standard InChI is InChI=1S/C20H17BrN2O4/c21-10-4-5-11-13(20(27)23-15(11)8-10)9-16-12(6-7-18(25)26)19-14(22-16)2-1-3-17(19)24/h4-5,8-9,22H,1-3,6-7H2,(H,23,27)(H,25,26). The summed E-state index contributed by atoms with van der Waals surface area (Å²) < 4.78 is 0.867. The fourth-order valence-corrected chi connectivity index (χ4v) is 4.12. The lowest BCUT2D eigenvalue weighted by Crippen LogP contribution is -2.11. The number of aryl methyl sites for hydroxylation is 1. The Hall–Kier alpha value is -2.67. The zero-order valence-electron chi connectivity index (χ0n) is 14.4. The Bertz CT molecular complexity index is 1020. The van der Waals surface area contributed by atoms with Gasteiger partial charge in [0.05, 0.1) is 11.3 Å². The van der Waals surface area contributed by atoms with Crippen LogP contribution in [-0.2, 0) is 22.4 Å². The lowest BCUT2D eigenvalue weighted by atomic mass is 9.91. The number of aliphatic carboxylic acids is 1. The van der Waals surface area contributed by atoms with E-state index in [1.807, 2.05) is 18.2 Å². The summed E-state index contributed by atoms with van der Waals surface area (Å²) in [5, 5.41) is 11.9. The molecule has 0 bridgehead atoms. The average molecular weight is 429 g/mol. The van der Waals surface area contributed by atoms with Gasteiger partial charge in [0.2, 0.25) is 0 Å². The van der Waals surface area contributed by atoms with Crippen molar-refractivity contribution in [3.8, 4) is 0 Å². The number of aromatic amines is 1. The number of Topliss-reactive ketones (excluding diaryl/α,β-unsaturated/α-hetero) is 1. The first-order valence-electron chi connectivity index (χ1n) is 8.75. The van der Waals surface area contributed by atoms with Gasteiger partial charge in [-0.05, 0) is 43.0 Å². The summed E-state index contributed by atoms with van der Waals surface area (Å²) in [6, 6.07) is 5.55. The molecule has 1 aliphatic heterocycles. The molecule has 2 aromatic rings. The van der Waals surface area contributed by atoms with Crippen LogP contribution in [0.5, 0.6) is 0 Å². The van der Waals surface area contributed by atoms with E-state index in [0.717, 1.165) is 34.3 Å². The minimum absolute atomic E-state index is 0.0396. The van der Waals surface area contributed by atoms with E-state index in [-0.39, 0.29) is 24.5 Å². The lowest BCUT2D eigenvalue weighted by Gasteiger charge is -2.11. The molecule has 0 unspecified atom stereocenters. The van der Waals surface area contributed by atoms with E-state index in [0.29, 0.717) is 28.8 Å². The van der Waals surface area contributed by atoms with Gasteiger partial charge in [-0.15, -0.1) is 0 Å². The van der Waals surface area contributed by atoms with E-state index in [1.165, 1.54) is 0 Å². The fourth-order valence-electron chi connectivity index (χ4n) is 3.76. The van der Waals surface area contributed by atoms with Crippen molar-refractivity contribution in [1.82, 2.24) is 4.98 Å². The number of aromatic nitrogens is 1. The van der Waals surface area contributed by atoms with Crippen LogP contribution in [0.4, 0.5) is 5.69 Å². The maximum absolute atomic E-state index is 12.5. The number of rotatable bonds is 4. The van der Waals surface area contributed by atoms with Gasteiger partial charge in [0.15, 0.2) is 5.78 Å². The third-order valence-corrected chi connectivity index (χ3v) is 5.46. The molecular weight excluding hydrogens is 412 g/mol. The topological polar surface area (TPSA) is 99.3 Å². The third-order valence-electron chi connectivity index (χ3n) is 4.97. The van der Waals surface area contributed by atoms with Crippen molar-refractivity contribution in [3.63, 3.8) is 0 Å². The summed E-state index contributed by atoms with van der Waals surface area (Å²) in [6.07, 6.45) is 3.92. The molecule has 0 saturated carbocycles. The number of carbonyl (C=O) groups excluding carboxylic acids is 2. The molecule has 0 fully saturated rings. The van der Waals surface area contributed by atoms with Crippen LogP contribution < -0.4 is 5.32 Å². The van der Waals surface area contributed by atoms with Gasteiger partial charge in [0.25, 0.3) is 5.91 Å². The van der Waals surface area contributed by atoms with E-state index in [2.05, 4.69) is 26.2 Å². The first-order valence-corrected chi connectivity index (χ1v) is 9.55. The highest BCUT2D eigenvalue weighted by Crippen LogP contribution is 2.36. The quantitative estimate of drug-likeness (QED) is 0.644. The number of amides is 1. The first kappa shape index (κ1) is 17.7. The van der Waals surface area contributed by atoms with Crippen LogP contribution in [0.3, 0.4) is 0 Å². The highest BCUT2D eigenvalue weighted by atomic mass is 79.9. The summed E-state index contributed by atoms with van der Waals surface area (Å²) in [6.45, 7) is 0. The second-order valence-corrected chi connectivity index (χ2v) is 7.66. The summed E-state index contributed by atoms with van der Waals surface area (Å²) in [5.41, 5.74) is 4.81. The van der Waals surface area contributed by atoms with Crippen molar-refractivity contribution >= 4 is 50.9 Å². The zero-order valence-corrected chi connectivity index (χ0v) is 16.0. The van der Waals surface area contributed by atoms with Gasteiger partial charge in [0, 0.05) is 39.8 Å². The summed E-state index contributed by atoms with van der Waals surface area (Å²) in [4.78, 5) is 39.2. The maximum atomic E-state index is 12.5. The molecule has 0 radical (unpaired) electrons. The van der Waals surface area contributed by atoms with Crippen molar-refractivity contribution in [3.05, 3.63) is 50.8 Å². The second kappa shape index (κ2) is 6.81. The smallest absolute Gasteiger partial charge is 0.303 e. The molecule has 0 spiro atoms. The number of nitrogens with one attached hydrogen (secondary N) is 2. The van der Waals surface area contributed by atoms with E-state index >= 15 is 0 Å². The first-order chi connectivity index (χ1) is 12.9. The van der Waals surface area contributed by atoms with Gasteiger partial charge in [-0.1, -0.05) is 22.0 Å². The second-order valence-electron chi connectivity index (χ2n) is 6.74. The Kier molecular flexibility index (Phi) is 4.47. The number of carboxylic acids is 1. The van der Waals surface area contributed by atoms with Crippen LogP contribution in [0.2, 0.25) is 0 Å². The van der Waals surface area contributed by atoms with Gasteiger partial charge in [-0.2, -0.15) is 0 Å². The summed E-state index contributed by atoms with van der Waals surface area (Å²) in [5.74, 6) is -1.09. The maximum Gasteiger partial charge on any atom is 0.303 e. The van der Waals surface area contributed by atoms with E-state index in [9.17, 15) is 14.4 Å². The van der Waals surface area contributed by atoms with Gasteiger partial charge in [-0.25, -0.2) is 0 Å². The normalized spacial score (nSPS) is 17.0. The molecule has 1 aliphatic carbocycles. The monoisotopic (exact) mass is 428 g/mol. The fraction of sp³-hybridized carbons (Fsp3) is 0.250. The van der Waals surface area contributed by atoms with Crippen LogP contribution in [0.25, 0.3) is 11.6 Å². The number of fused-ring (bicyclic) bond motifs is 2. The number of ketones is 1. The lowest BCUT2D eigenvalue weighted by molar-refractivity contribution is -0.137. The molecule has 3 N–H and O–H groups in total. The molecule has 2 heterocycles. The minimum atomic E-state index is -0.916. The molecule has 27 heavy (non-hydrogen) atoms. The highest BCUT2D eigenvalue weighted by Gasteiger charge is 2.28. The van der Waals surface area contributed by atoms with E-state index in [4.69, 9.17) is 5.11 Å². The van der Waals surface area contributed by atoms with Gasteiger partial charge < -0.3 is 15.4 Å². The number of hydrogen-bond donors (Lipinski definition) is 3. The van der Waals surface area contributed by atoms with Crippen LogP contribution >= 0.6 is 15.9 Å². The molecule has 138 valence electrons. The Balaban J connectivity index is 1.82. The molecule has 2 aliphatic rings. The number of benzene rings is 1. The summed E-state index contributed by atoms with van der Waals surface area (Å²) >= 11 is 3.39. The SMILES string of the molecule is O=C(O)CCc1c(C=C2C(=O)Nc3cc(Br)ccc32)[nH]c2c1C(=O)CCC2. The molecule has 4 rings (SSSR count). The van der Waals surface area contributed by atoms with Crippen molar-refractivity contribution in [2.75, 3.05) is 5.32 Å². The van der Waals surface area contributed by atoms with Crippen LogP contribution in [0, 0.1) is 0 Å². The Morgan fingerprint density at radius 2 is 2.07 bits per heavy atom. The predicted octanol–water partition coefficient (Wildman–Crippen LogP) is 3.81. The zero-order chi connectivity index (χ0) is 19.1. The Morgan fingerprint density at radius 1 is 1.26 bits per heavy atom. The Labute approximate surface area is 163 Å². The molecule has 1 amide bonds. The predicted molar refractivity (Wildman–Crippen MR) is 105 cm³/mol. The molecule has 0 atom stereocenters. The van der Waals surface area contributed by atoms with Crippen molar-refractivity contribution in [2.24, 2.45) is 0 Å². The number of carbonyl (C=O) groups is 3. The van der Waals surface area contributed by atoms with Crippen molar-refractivity contribution in [2.45, 2.75) is 32.1 Å². The van der Waals surface area contributed by atoms with Gasteiger partial charge in [-0.3, -0.25) is 14.4 Å². The number of carboxylic acid groups (broad SMARTS) is 1. The third kappa shape index (κ3) is 3.23. The van der Waals surface area contributed by atoms with Crippen molar-refractivity contribution < 1.29 is 19.5 Å². The average Bonchev–Trinajstić information content (AvgIpc) is 3.11. The van der Waals surface area contributed by atoms with Gasteiger partial charge >= 0.3 is 5.97 Å². The van der Waals surface area contributed by atoms with Gasteiger partial charge in [0.1, 0.15) is 0 Å². The number of H-pyrrole nitrogens is 1. The Morgan fingerprint density at radius 3 is 2.85 bits per heavy atom. The number of halogens is 1. The van der Waals surface area contributed by atoms with E-state index in [1.54, 1.807) is 6.08 Å². The van der Waals surface area contributed by atoms with Crippen LogP contribution in [0.15, 0.2) is 22.7 Å². The molecule has 1 aromatic carbocycles. The molecule has 7 heteroatoms. The molecule has 6 nitrogen and oxygen atoms in total. The number of anilines is 1. The summed E-state index contributed by atoms with van der Waals surface area (Å²) in [7, 11) is 0.